The number of hydrogen-bond donors (Lipinski definition) is 2. The number of rotatable bonds is 3. The molecule has 22 heavy (non-hydrogen) atoms. The van der Waals surface area contributed by atoms with Gasteiger partial charge in [0.15, 0.2) is 0 Å². The number of fused-ring (bicyclic) bond motifs is 1. The van der Waals surface area contributed by atoms with Crippen molar-refractivity contribution in [1.82, 2.24) is 20.0 Å². The second-order valence-electron chi connectivity index (χ2n) is 5.98. The molecule has 2 aliphatic rings. The van der Waals surface area contributed by atoms with Gasteiger partial charge in [0.25, 0.3) is 5.91 Å². The fraction of sp³-hybridized carbons (Fsp3) is 0.643. The molecule has 0 saturated carbocycles. The molecule has 0 bridgehead atoms. The van der Waals surface area contributed by atoms with E-state index in [1.54, 1.807) is 22.8 Å². The number of hydrogen-bond acceptors (Lipinski definition) is 4. The summed E-state index contributed by atoms with van der Waals surface area (Å²) < 4.78 is 7.39. The van der Waals surface area contributed by atoms with E-state index in [0.29, 0.717) is 37.7 Å². The van der Waals surface area contributed by atoms with E-state index in [0.717, 1.165) is 6.42 Å². The van der Waals surface area contributed by atoms with Gasteiger partial charge in [-0.15, -0.1) is 0 Å². The zero-order valence-corrected chi connectivity index (χ0v) is 12.6. The number of likely N-dealkylation sites (tertiary alicyclic amines) is 1. The molecule has 2 saturated heterocycles. The molecule has 3 atom stereocenters. The number of nitrogens with two attached hydrogens (primary N) is 1. The van der Waals surface area contributed by atoms with Gasteiger partial charge in [0.1, 0.15) is 0 Å². The molecule has 2 fully saturated rings. The first kappa shape index (κ1) is 14.8. The van der Waals surface area contributed by atoms with Gasteiger partial charge in [-0.25, -0.2) is 4.79 Å². The molecule has 0 aliphatic carbocycles. The van der Waals surface area contributed by atoms with Crippen LogP contribution < -0.4 is 11.1 Å². The zero-order valence-electron chi connectivity index (χ0n) is 12.6. The highest BCUT2D eigenvalue weighted by Crippen LogP contribution is 2.33. The van der Waals surface area contributed by atoms with E-state index in [4.69, 9.17) is 10.5 Å². The Hall–Kier alpha value is -2.09. The van der Waals surface area contributed by atoms with Crippen molar-refractivity contribution in [1.29, 1.82) is 0 Å². The average Bonchev–Trinajstić information content (AvgIpc) is 3.10. The molecular weight excluding hydrogens is 286 g/mol. The van der Waals surface area contributed by atoms with Crippen LogP contribution in [0.15, 0.2) is 12.4 Å². The van der Waals surface area contributed by atoms with Gasteiger partial charge in [0, 0.05) is 38.8 Å². The number of aryl methyl sites for hydroxylation is 1. The number of piperidine rings is 1. The lowest BCUT2D eigenvalue weighted by atomic mass is 9.84. The summed E-state index contributed by atoms with van der Waals surface area (Å²) in [5.41, 5.74) is 5.89. The van der Waals surface area contributed by atoms with Crippen molar-refractivity contribution in [2.75, 3.05) is 26.2 Å². The number of carbonyl (C=O) groups is 2. The Kier molecular flexibility index (Phi) is 4.02. The predicted octanol–water partition coefficient (Wildman–Crippen LogP) is -0.434. The Labute approximate surface area is 128 Å². The van der Waals surface area contributed by atoms with Crippen LogP contribution in [0.25, 0.3) is 0 Å². The number of amides is 3. The van der Waals surface area contributed by atoms with Crippen LogP contribution in [-0.2, 0) is 11.8 Å². The normalized spacial score (nSPS) is 27.5. The number of nitrogens with zero attached hydrogens (tertiary/aromatic N) is 3. The Morgan fingerprint density at radius 1 is 1.55 bits per heavy atom. The quantitative estimate of drug-likeness (QED) is 0.790. The number of urea groups is 1. The minimum Gasteiger partial charge on any atom is -0.376 e. The summed E-state index contributed by atoms with van der Waals surface area (Å²) in [7, 11) is 1.77. The molecular formula is C14H21N5O3. The Morgan fingerprint density at radius 2 is 2.36 bits per heavy atom. The molecule has 120 valence electrons. The van der Waals surface area contributed by atoms with E-state index < -0.39 is 0 Å². The van der Waals surface area contributed by atoms with Crippen molar-refractivity contribution in [3.63, 3.8) is 0 Å². The van der Waals surface area contributed by atoms with Crippen LogP contribution in [0.5, 0.6) is 0 Å². The van der Waals surface area contributed by atoms with E-state index in [1.807, 2.05) is 0 Å². The van der Waals surface area contributed by atoms with Gasteiger partial charge in [0.2, 0.25) is 0 Å². The first-order valence-corrected chi connectivity index (χ1v) is 7.47. The Bertz CT molecular complexity index is 573. The molecule has 0 unspecified atom stereocenters. The van der Waals surface area contributed by atoms with Gasteiger partial charge in [-0.3, -0.25) is 9.48 Å². The molecule has 0 radical (unpaired) electrons. The predicted molar refractivity (Wildman–Crippen MR) is 78.0 cm³/mol. The zero-order chi connectivity index (χ0) is 15.7. The van der Waals surface area contributed by atoms with Gasteiger partial charge in [-0.1, -0.05) is 0 Å². The summed E-state index contributed by atoms with van der Waals surface area (Å²) in [4.78, 5) is 25.0. The lowest BCUT2D eigenvalue weighted by Crippen LogP contribution is -2.49. The highest BCUT2D eigenvalue weighted by atomic mass is 16.5. The minimum atomic E-state index is -0.386. The first-order chi connectivity index (χ1) is 10.5. The number of nitrogens with one attached hydrogen (secondary N) is 1. The number of primary amides is 1. The summed E-state index contributed by atoms with van der Waals surface area (Å²) in [5, 5.41) is 6.86. The monoisotopic (exact) mass is 307 g/mol. The molecule has 3 rings (SSSR count). The minimum absolute atomic E-state index is 0.0761. The van der Waals surface area contributed by atoms with Crippen molar-refractivity contribution in [2.45, 2.75) is 12.5 Å². The Balaban J connectivity index is 1.56. The van der Waals surface area contributed by atoms with Crippen LogP contribution in [0.2, 0.25) is 0 Å². The van der Waals surface area contributed by atoms with Gasteiger partial charge in [0.05, 0.1) is 24.5 Å². The van der Waals surface area contributed by atoms with Gasteiger partial charge >= 0.3 is 6.03 Å². The molecule has 3 N–H and O–H groups in total. The van der Waals surface area contributed by atoms with E-state index in [-0.39, 0.29) is 24.0 Å². The molecule has 1 aromatic rings. The third kappa shape index (κ3) is 2.92. The Morgan fingerprint density at radius 3 is 3.05 bits per heavy atom. The van der Waals surface area contributed by atoms with Gasteiger partial charge in [-0.05, 0) is 12.3 Å². The standard InChI is InChI=1S/C14H21N5O3/c1-18-6-10(4-17-18)13(20)16-5-12-11-7-19(14(15)21)3-2-9(11)8-22-12/h4,6,9,11-12H,2-3,5,7-8H2,1H3,(H2,15,21)(H,16,20)/t9-,11-,12+/m1/s1. The van der Waals surface area contributed by atoms with Crippen LogP contribution in [0.1, 0.15) is 16.8 Å². The van der Waals surface area contributed by atoms with Gasteiger partial charge in [-0.2, -0.15) is 5.10 Å². The molecule has 2 aliphatic heterocycles. The molecule has 8 nitrogen and oxygen atoms in total. The lowest BCUT2D eigenvalue weighted by molar-refractivity contribution is 0.0726. The van der Waals surface area contributed by atoms with E-state index in [9.17, 15) is 9.59 Å². The number of ether oxygens (including phenoxy) is 1. The molecule has 8 heteroatoms. The highest BCUT2D eigenvalue weighted by molar-refractivity contribution is 5.93. The average molecular weight is 307 g/mol. The van der Waals surface area contributed by atoms with E-state index in [2.05, 4.69) is 10.4 Å². The van der Waals surface area contributed by atoms with Gasteiger partial charge < -0.3 is 20.7 Å². The fourth-order valence-corrected chi connectivity index (χ4v) is 3.27. The third-order valence-corrected chi connectivity index (χ3v) is 4.55. The highest BCUT2D eigenvalue weighted by Gasteiger charge is 2.41. The van der Waals surface area contributed by atoms with Crippen LogP contribution in [0, 0.1) is 11.8 Å². The van der Waals surface area contributed by atoms with E-state index in [1.165, 1.54) is 6.20 Å². The molecule has 3 heterocycles. The SMILES string of the molecule is Cn1cc(C(=O)NC[C@@H]2OC[C@H]3CCN(C(N)=O)C[C@H]32)cn1. The second-order valence-corrected chi connectivity index (χ2v) is 5.98. The topological polar surface area (TPSA) is 102 Å². The summed E-state index contributed by atoms with van der Waals surface area (Å²) in [6, 6.07) is -0.386. The van der Waals surface area contributed by atoms with Crippen LogP contribution >= 0.6 is 0 Å². The number of aromatic nitrogens is 2. The molecule has 0 aromatic carbocycles. The largest absolute Gasteiger partial charge is 0.376 e. The summed E-state index contributed by atoms with van der Waals surface area (Å²) >= 11 is 0. The summed E-state index contributed by atoms with van der Waals surface area (Å²) in [6.45, 7) is 2.41. The summed E-state index contributed by atoms with van der Waals surface area (Å²) in [5.74, 6) is 0.508. The maximum atomic E-state index is 12.0. The van der Waals surface area contributed by atoms with Crippen molar-refractivity contribution >= 4 is 11.9 Å². The smallest absolute Gasteiger partial charge is 0.314 e. The van der Waals surface area contributed by atoms with Crippen LogP contribution in [0.4, 0.5) is 4.79 Å². The lowest BCUT2D eigenvalue weighted by Gasteiger charge is -2.35. The maximum Gasteiger partial charge on any atom is 0.314 e. The van der Waals surface area contributed by atoms with Crippen molar-refractivity contribution < 1.29 is 14.3 Å². The first-order valence-electron chi connectivity index (χ1n) is 7.47. The molecule has 1 aromatic heterocycles. The third-order valence-electron chi connectivity index (χ3n) is 4.55. The maximum absolute atomic E-state index is 12.0. The van der Waals surface area contributed by atoms with Crippen LogP contribution in [0.3, 0.4) is 0 Å². The molecule has 0 spiro atoms. The second kappa shape index (κ2) is 5.96. The molecule has 3 amide bonds. The number of carbonyl (C=O) groups excluding carboxylic acids is 2. The van der Waals surface area contributed by atoms with E-state index >= 15 is 0 Å². The van der Waals surface area contributed by atoms with Crippen molar-refractivity contribution in [2.24, 2.45) is 24.6 Å². The fourth-order valence-electron chi connectivity index (χ4n) is 3.27. The van der Waals surface area contributed by atoms with Crippen LogP contribution in [-0.4, -0.2) is 59.0 Å². The summed E-state index contributed by atoms with van der Waals surface area (Å²) in [6.07, 6.45) is 4.03. The van der Waals surface area contributed by atoms with Crippen molar-refractivity contribution in [3.05, 3.63) is 18.0 Å². The van der Waals surface area contributed by atoms with Crippen molar-refractivity contribution in [3.8, 4) is 0 Å².